The van der Waals surface area contributed by atoms with Crippen molar-refractivity contribution in [2.75, 3.05) is 14.2 Å². The molecule has 2 aromatic rings. The summed E-state index contributed by atoms with van der Waals surface area (Å²) in [5.41, 5.74) is 4.52. The normalized spacial score (nSPS) is 27.7. The highest BCUT2D eigenvalue weighted by Crippen LogP contribution is 2.61. The van der Waals surface area contributed by atoms with Gasteiger partial charge in [-0.25, -0.2) is 0 Å². The van der Waals surface area contributed by atoms with Crippen molar-refractivity contribution in [2.24, 2.45) is 17.3 Å². The Labute approximate surface area is 225 Å². The van der Waals surface area contributed by atoms with Crippen molar-refractivity contribution in [3.63, 3.8) is 0 Å². The number of hydrogen-bond acceptors (Lipinski definition) is 6. The summed E-state index contributed by atoms with van der Waals surface area (Å²) in [5, 5.41) is 0. The molecule has 5 rings (SSSR count). The molecule has 0 aromatic heterocycles. The van der Waals surface area contributed by atoms with Crippen molar-refractivity contribution in [3.8, 4) is 17.2 Å². The van der Waals surface area contributed by atoms with Gasteiger partial charge in [-0.05, 0) is 97.2 Å². The molecule has 3 aliphatic rings. The number of esters is 2. The highest BCUT2D eigenvalue weighted by molar-refractivity contribution is 5.77. The quantitative estimate of drug-likeness (QED) is 0.244. The second-order valence-electron chi connectivity index (χ2n) is 11.3. The monoisotopic (exact) mass is 518 g/mol. The third-order valence-corrected chi connectivity index (χ3v) is 9.16. The molecule has 6 nitrogen and oxygen atoms in total. The van der Waals surface area contributed by atoms with Crippen molar-refractivity contribution in [3.05, 3.63) is 52.6 Å². The molecule has 2 aromatic carbocycles. The van der Waals surface area contributed by atoms with Gasteiger partial charge in [-0.15, -0.1) is 0 Å². The Bertz CT molecular complexity index is 1240. The number of carbonyl (C=O) groups is 2. The van der Waals surface area contributed by atoms with Crippen molar-refractivity contribution < 1.29 is 28.5 Å². The third-order valence-electron chi connectivity index (χ3n) is 9.16. The van der Waals surface area contributed by atoms with Gasteiger partial charge in [-0.1, -0.05) is 19.1 Å². The molecule has 3 aliphatic carbocycles. The molecule has 0 radical (unpaired) electrons. The Balaban J connectivity index is 1.48. The molecule has 0 heterocycles. The molecule has 0 unspecified atom stereocenters. The third kappa shape index (κ3) is 4.93. The highest BCUT2D eigenvalue weighted by atomic mass is 16.5. The smallest absolute Gasteiger partial charge is 0.308 e. The molecule has 0 amide bonds. The van der Waals surface area contributed by atoms with Crippen LogP contribution >= 0.6 is 0 Å². The van der Waals surface area contributed by atoms with Gasteiger partial charge in [0.25, 0.3) is 0 Å². The van der Waals surface area contributed by atoms with Crippen molar-refractivity contribution >= 4 is 24.1 Å². The first-order valence-corrected chi connectivity index (χ1v) is 13.7. The zero-order valence-corrected chi connectivity index (χ0v) is 23.0. The van der Waals surface area contributed by atoms with Gasteiger partial charge >= 0.3 is 11.9 Å². The van der Waals surface area contributed by atoms with E-state index >= 15 is 0 Å². The predicted octanol–water partition coefficient (Wildman–Crippen LogP) is 6.59. The van der Waals surface area contributed by atoms with Gasteiger partial charge in [0.15, 0.2) is 0 Å². The van der Waals surface area contributed by atoms with E-state index in [4.69, 9.17) is 18.9 Å². The molecule has 5 atom stereocenters. The number of fused-ring (bicyclic) bond motifs is 5. The summed E-state index contributed by atoms with van der Waals surface area (Å²) >= 11 is 0. The average molecular weight is 519 g/mol. The van der Waals surface area contributed by atoms with E-state index in [0.29, 0.717) is 35.0 Å². The Kier molecular flexibility index (Phi) is 7.26. The fourth-order valence-corrected chi connectivity index (χ4v) is 7.45. The number of carbonyl (C=O) groups excluding carboxylic acids is 2. The molecule has 0 spiro atoms. The topological polar surface area (TPSA) is 71.1 Å². The molecule has 0 bridgehead atoms. The van der Waals surface area contributed by atoms with E-state index in [-0.39, 0.29) is 23.5 Å². The number of hydrogen-bond donors (Lipinski definition) is 0. The second kappa shape index (κ2) is 10.5. The summed E-state index contributed by atoms with van der Waals surface area (Å²) in [6.45, 7) is 5.30. The molecular formula is C32H38O6. The van der Waals surface area contributed by atoms with Gasteiger partial charge in [0.1, 0.15) is 23.4 Å². The Morgan fingerprint density at radius 3 is 2.29 bits per heavy atom. The van der Waals surface area contributed by atoms with Crippen LogP contribution in [-0.4, -0.2) is 32.3 Å². The van der Waals surface area contributed by atoms with E-state index < -0.39 is 0 Å². The predicted molar refractivity (Wildman–Crippen MR) is 146 cm³/mol. The minimum atomic E-state index is -0.327. The summed E-state index contributed by atoms with van der Waals surface area (Å²) in [6, 6.07) is 10.0. The van der Waals surface area contributed by atoms with Crippen molar-refractivity contribution in [1.29, 1.82) is 0 Å². The maximum atomic E-state index is 12.0. The number of rotatable bonds is 6. The fourth-order valence-electron chi connectivity index (χ4n) is 7.45. The van der Waals surface area contributed by atoms with Crippen LogP contribution in [0.1, 0.15) is 81.0 Å². The van der Waals surface area contributed by atoms with Crippen LogP contribution in [0, 0.1) is 17.3 Å². The number of aryl methyl sites for hydroxylation is 1. The van der Waals surface area contributed by atoms with E-state index in [0.717, 1.165) is 49.7 Å². The molecule has 6 heteroatoms. The lowest BCUT2D eigenvalue weighted by molar-refractivity contribution is -0.154. The molecule has 0 N–H and O–H groups in total. The van der Waals surface area contributed by atoms with Gasteiger partial charge in [0, 0.05) is 30.9 Å². The largest absolute Gasteiger partial charge is 0.497 e. The molecule has 2 saturated carbocycles. The summed E-state index contributed by atoms with van der Waals surface area (Å²) in [4.78, 5) is 23.7. The van der Waals surface area contributed by atoms with E-state index in [9.17, 15) is 9.59 Å². The van der Waals surface area contributed by atoms with Crippen LogP contribution in [0.15, 0.2) is 30.3 Å². The van der Waals surface area contributed by atoms with Crippen LogP contribution in [0.3, 0.4) is 0 Å². The number of benzene rings is 2. The highest BCUT2D eigenvalue weighted by Gasteiger charge is 2.56. The zero-order valence-electron chi connectivity index (χ0n) is 23.0. The first kappa shape index (κ1) is 26.3. The lowest BCUT2D eigenvalue weighted by Gasteiger charge is -2.50. The van der Waals surface area contributed by atoms with Crippen LogP contribution in [0.25, 0.3) is 12.2 Å². The Morgan fingerprint density at radius 2 is 1.63 bits per heavy atom. The van der Waals surface area contributed by atoms with Crippen molar-refractivity contribution in [2.45, 2.75) is 71.3 Å². The molecule has 38 heavy (non-hydrogen) atoms. The van der Waals surface area contributed by atoms with E-state index in [1.807, 2.05) is 30.4 Å². The Morgan fingerprint density at radius 1 is 0.895 bits per heavy atom. The lowest BCUT2D eigenvalue weighted by atomic mass is 9.55. The standard InChI is InChI=1S/C32H38O6/c1-19(33)37-30-17-22-8-9-27-26(12-13-32(3)29(27)10-11-31(32)38-20(2)34)28(22)16-23(30)7-6-21-14-24(35-4)18-25(15-21)36-5/h6-7,14-18,26-27,29,31H,8-13H2,1-5H3/b7-6-/t26-,27+,29-,31-,32-/m0/s1. The minimum absolute atomic E-state index is 0.0250. The maximum Gasteiger partial charge on any atom is 0.308 e. The summed E-state index contributed by atoms with van der Waals surface area (Å²) in [6.07, 6.45) is 10.3. The molecule has 2 fully saturated rings. The lowest BCUT2D eigenvalue weighted by Crippen LogP contribution is -2.45. The fraction of sp³-hybridized carbons (Fsp3) is 0.500. The molecule has 202 valence electrons. The van der Waals surface area contributed by atoms with Gasteiger partial charge < -0.3 is 18.9 Å². The number of methoxy groups -OCH3 is 2. The zero-order chi connectivity index (χ0) is 27.0. The summed E-state index contributed by atoms with van der Waals surface area (Å²) < 4.78 is 22.3. The minimum Gasteiger partial charge on any atom is -0.497 e. The average Bonchev–Trinajstić information content (AvgIpc) is 3.22. The van der Waals surface area contributed by atoms with Crippen LogP contribution in [-0.2, 0) is 20.7 Å². The van der Waals surface area contributed by atoms with Gasteiger partial charge in [-0.3, -0.25) is 9.59 Å². The van der Waals surface area contributed by atoms with Crippen LogP contribution in [0.4, 0.5) is 0 Å². The van der Waals surface area contributed by atoms with Crippen LogP contribution < -0.4 is 14.2 Å². The Hall–Kier alpha value is -3.28. The summed E-state index contributed by atoms with van der Waals surface area (Å²) in [5.74, 6) is 3.11. The second-order valence-corrected chi connectivity index (χ2v) is 11.3. The van der Waals surface area contributed by atoms with E-state index in [2.05, 4.69) is 19.1 Å². The van der Waals surface area contributed by atoms with Crippen molar-refractivity contribution in [1.82, 2.24) is 0 Å². The summed E-state index contributed by atoms with van der Waals surface area (Å²) in [7, 11) is 3.27. The molecular weight excluding hydrogens is 480 g/mol. The van der Waals surface area contributed by atoms with Gasteiger partial charge in [0.2, 0.25) is 0 Å². The number of ether oxygens (including phenoxy) is 4. The van der Waals surface area contributed by atoms with Gasteiger partial charge in [-0.2, -0.15) is 0 Å². The maximum absolute atomic E-state index is 12.0. The van der Waals surface area contributed by atoms with Crippen LogP contribution in [0.2, 0.25) is 0 Å². The van der Waals surface area contributed by atoms with Crippen LogP contribution in [0.5, 0.6) is 17.2 Å². The molecule has 0 aliphatic heterocycles. The molecule has 0 saturated heterocycles. The van der Waals surface area contributed by atoms with E-state index in [1.54, 1.807) is 14.2 Å². The first-order chi connectivity index (χ1) is 18.2. The van der Waals surface area contributed by atoms with E-state index in [1.165, 1.54) is 25.0 Å². The SMILES string of the molecule is COc1cc(/C=C\c2cc3c(cc2OC(C)=O)CC[C@@H]2[C@@H]3CC[C@]3(C)[C@@H](OC(C)=O)CC[C@@H]23)cc(OC)c1. The first-order valence-electron chi connectivity index (χ1n) is 13.7. The van der Waals surface area contributed by atoms with Gasteiger partial charge in [0.05, 0.1) is 14.2 Å².